The fraction of sp³-hybridized carbons (Fsp3) is 0.217. The van der Waals surface area contributed by atoms with E-state index < -0.39 is 5.91 Å². The second-order valence-corrected chi connectivity index (χ2v) is 7.03. The summed E-state index contributed by atoms with van der Waals surface area (Å²) in [4.78, 5) is 43.3. The van der Waals surface area contributed by atoms with Crippen molar-refractivity contribution in [3.63, 3.8) is 0 Å². The van der Waals surface area contributed by atoms with Crippen molar-refractivity contribution in [1.29, 1.82) is 0 Å². The number of carbonyl (C=O) groups is 3. The van der Waals surface area contributed by atoms with E-state index >= 15 is 0 Å². The van der Waals surface area contributed by atoms with E-state index in [1.165, 1.54) is 17.6 Å². The van der Waals surface area contributed by atoms with Gasteiger partial charge in [0.1, 0.15) is 0 Å². The number of hydrogen-bond donors (Lipinski definition) is 2. The molecule has 0 unspecified atom stereocenters. The van der Waals surface area contributed by atoms with Gasteiger partial charge in [0.25, 0.3) is 5.91 Å². The first-order valence-electron chi connectivity index (χ1n) is 9.88. The first-order valence-corrected chi connectivity index (χ1v) is 9.88. The van der Waals surface area contributed by atoms with Crippen molar-refractivity contribution in [2.45, 2.75) is 6.92 Å². The Bertz CT molecular complexity index is 1010. The lowest BCUT2D eigenvalue weighted by Crippen LogP contribution is -2.48. The maximum Gasteiger partial charge on any atom is 0.267 e. The van der Waals surface area contributed by atoms with E-state index in [0.29, 0.717) is 30.0 Å². The highest BCUT2D eigenvalue weighted by Gasteiger charge is 2.18. The van der Waals surface area contributed by atoms with Crippen LogP contribution in [0.15, 0.2) is 54.6 Å². The zero-order chi connectivity index (χ0) is 22.2. The Balaban J connectivity index is 1.61. The summed E-state index contributed by atoms with van der Waals surface area (Å²) in [7, 11) is 0. The van der Waals surface area contributed by atoms with Gasteiger partial charge in [0.05, 0.1) is 11.4 Å². The Morgan fingerprint density at radius 3 is 2.13 bits per heavy atom. The van der Waals surface area contributed by atoms with Crippen LogP contribution in [0.2, 0.25) is 0 Å². The van der Waals surface area contributed by atoms with E-state index in [4.69, 9.17) is 5.21 Å². The molecule has 31 heavy (non-hydrogen) atoms. The number of anilines is 1. The highest BCUT2D eigenvalue weighted by atomic mass is 16.5. The molecule has 1 saturated heterocycles. The maximum absolute atomic E-state index is 12.5. The van der Waals surface area contributed by atoms with Crippen LogP contribution >= 0.6 is 0 Å². The number of hydrogen-bond acceptors (Lipinski definition) is 6. The predicted octanol–water partition coefficient (Wildman–Crippen LogP) is 2.16. The average Bonchev–Trinajstić information content (AvgIpc) is 2.81. The molecule has 1 aromatic carbocycles. The smallest absolute Gasteiger partial charge is 0.267 e. The average molecular weight is 420 g/mol. The highest BCUT2D eigenvalue weighted by molar-refractivity contribution is 6.06. The monoisotopic (exact) mass is 420 g/mol. The zero-order valence-electron chi connectivity index (χ0n) is 17.2. The van der Waals surface area contributed by atoms with Gasteiger partial charge in [0.15, 0.2) is 5.78 Å². The summed E-state index contributed by atoms with van der Waals surface area (Å²) in [6.45, 7) is 4.52. The number of rotatable bonds is 6. The summed E-state index contributed by atoms with van der Waals surface area (Å²) in [5.74, 6) is -0.698. The van der Waals surface area contributed by atoms with Crippen molar-refractivity contribution < 1.29 is 19.6 Å². The van der Waals surface area contributed by atoms with Gasteiger partial charge < -0.3 is 9.80 Å². The summed E-state index contributed by atoms with van der Waals surface area (Å²) < 4.78 is 0. The Labute approximate surface area is 180 Å². The molecule has 3 rings (SSSR count). The van der Waals surface area contributed by atoms with Crippen LogP contribution in [0, 0.1) is 0 Å². The quantitative estimate of drug-likeness (QED) is 0.321. The van der Waals surface area contributed by atoms with Gasteiger partial charge in [-0.25, -0.2) is 10.5 Å². The van der Waals surface area contributed by atoms with Crippen molar-refractivity contribution in [2.24, 2.45) is 0 Å². The van der Waals surface area contributed by atoms with Gasteiger partial charge in [0.2, 0.25) is 5.91 Å². The highest BCUT2D eigenvalue weighted by Crippen LogP contribution is 2.18. The number of aromatic nitrogens is 1. The topological polar surface area (TPSA) is 103 Å². The van der Waals surface area contributed by atoms with Crippen LogP contribution in [0.3, 0.4) is 0 Å². The molecule has 2 heterocycles. The normalized spacial score (nSPS) is 14.3. The van der Waals surface area contributed by atoms with Crippen LogP contribution in [-0.4, -0.2) is 58.9 Å². The van der Waals surface area contributed by atoms with E-state index in [1.54, 1.807) is 43.3 Å². The molecule has 8 heteroatoms. The van der Waals surface area contributed by atoms with Gasteiger partial charge in [-0.1, -0.05) is 6.07 Å². The third kappa shape index (κ3) is 6.10. The van der Waals surface area contributed by atoms with Crippen LogP contribution in [0.4, 0.5) is 5.69 Å². The number of benzene rings is 1. The lowest BCUT2D eigenvalue weighted by atomic mass is 10.1. The van der Waals surface area contributed by atoms with Gasteiger partial charge in [-0.05, 0) is 54.6 Å². The largest absolute Gasteiger partial charge is 0.368 e. The van der Waals surface area contributed by atoms with Gasteiger partial charge >= 0.3 is 0 Å². The zero-order valence-corrected chi connectivity index (χ0v) is 17.2. The molecular formula is C23H24N4O4. The second kappa shape index (κ2) is 10.3. The second-order valence-electron chi connectivity index (χ2n) is 7.03. The molecule has 0 saturated carbocycles. The lowest BCUT2D eigenvalue weighted by molar-refractivity contribution is -0.129. The van der Waals surface area contributed by atoms with Crippen molar-refractivity contribution in [3.8, 4) is 0 Å². The molecule has 1 aliphatic heterocycles. The first-order chi connectivity index (χ1) is 15.0. The van der Waals surface area contributed by atoms with Crippen molar-refractivity contribution in [3.05, 3.63) is 71.6 Å². The molecule has 160 valence electrons. The standard InChI is InChI=1S/C23H24N4O4/c1-17(28)26-13-15-27(16-14-26)21-9-5-18(6-10-21)22(29)11-7-19-3-2-4-20(24-19)8-12-23(30)25-31/h2-12,31H,13-16H2,1H3,(H,25,30). The Morgan fingerprint density at radius 2 is 1.55 bits per heavy atom. The van der Waals surface area contributed by atoms with E-state index in [2.05, 4.69) is 9.88 Å². The summed E-state index contributed by atoms with van der Waals surface area (Å²) in [5.41, 5.74) is 4.19. The summed E-state index contributed by atoms with van der Waals surface area (Å²) >= 11 is 0. The van der Waals surface area contributed by atoms with E-state index in [0.717, 1.165) is 24.9 Å². The fourth-order valence-electron chi connectivity index (χ4n) is 3.23. The van der Waals surface area contributed by atoms with Crippen LogP contribution in [0.1, 0.15) is 28.7 Å². The number of amides is 2. The molecule has 0 radical (unpaired) electrons. The van der Waals surface area contributed by atoms with Crippen molar-refractivity contribution in [1.82, 2.24) is 15.4 Å². The van der Waals surface area contributed by atoms with Crippen molar-refractivity contribution in [2.75, 3.05) is 31.1 Å². The molecule has 2 aromatic rings. The molecule has 0 aliphatic carbocycles. The number of ketones is 1. The van der Waals surface area contributed by atoms with Crippen molar-refractivity contribution >= 4 is 35.4 Å². The number of nitrogens with one attached hydrogen (secondary N) is 1. The van der Waals surface area contributed by atoms with Gasteiger partial charge in [0, 0.05) is 50.4 Å². The summed E-state index contributed by atoms with van der Waals surface area (Å²) in [6.07, 6.45) is 5.68. The lowest BCUT2D eigenvalue weighted by Gasteiger charge is -2.35. The Hall–Kier alpha value is -3.78. The van der Waals surface area contributed by atoms with Crippen LogP contribution < -0.4 is 10.4 Å². The molecule has 0 atom stereocenters. The van der Waals surface area contributed by atoms with Gasteiger partial charge in [-0.3, -0.25) is 19.6 Å². The summed E-state index contributed by atoms with van der Waals surface area (Å²) in [6, 6.07) is 12.6. The molecule has 1 aromatic heterocycles. The first kappa shape index (κ1) is 21.9. The number of allylic oxidation sites excluding steroid dienone is 1. The Kier molecular flexibility index (Phi) is 7.29. The van der Waals surface area contributed by atoms with Crippen LogP contribution in [0.5, 0.6) is 0 Å². The number of pyridine rings is 1. The molecule has 2 N–H and O–H groups in total. The third-order valence-corrected chi connectivity index (χ3v) is 4.96. The number of hydroxylamine groups is 1. The van der Waals surface area contributed by atoms with Gasteiger partial charge in [-0.15, -0.1) is 0 Å². The van der Waals surface area contributed by atoms with E-state index in [9.17, 15) is 14.4 Å². The van der Waals surface area contributed by atoms with Gasteiger partial charge in [-0.2, -0.15) is 0 Å². The molecule has 0 spiro atoms. The van der Waals surface area contributed by atoms with Crippen LogP contribution in [-0.2, 0) is 9.59 Å². The number of carbonyl (C=O) groups excluding carboxylic acids is 3. The predicted molar refractivity (Wildman–Crippen MR) is 117 cm³/mol. The number of piperazine rings is 1. The SMILES string of the molecule is CC(=O)N1CCN(c2ccc(C(=O)C=Cc3cccc(C=CC(=O)NO)n3)cc2)CC1. The fourth-order valence-corrected chi connectivity index (χ4v) is 3.23. The Morgan fingerprint density at radius 1 is 0.935 bits per heavy atom. The molecular weight excluding hydrogens is 396 g/mol. The molecule has 2 amide bonds. The maximum atomic E-state index is 12.5. The van der Waals surface area contributed by atoms with E-state index in [-0.39, 0.29) is 11.7 Å². The summed E-state index contributed by atoms with van der Waals surface area (Å²) in [5, 5.41) is 8.51. The molecule has 1 aliphatic rings. The minimum Gasteiger partial charge on any atom is -0.368 e. The molecule has 0 bridgehead atoms. The third-order valence-electron chi connectivity index (χ3n) is 4.96. The minimum absolute atomic E-state index is 0.0964. The molecule has 1 fully saturated rings. The number of nitrogens with zero attached hydrogens (tertiary/aromatic N) is 3. The minimum atomic E-state index is -0.651. The van der Waals surface area contributed by atoms with Crippen LogP contribution in [0.25, 0.3) is 12.2 Å². The molecule has 8 nitrogen and oxygen atoms in total. The van der Waals surface area contributed by atoms with E-state index in [1.807, 2.05) is 17.0 Å².